The van der Waals surface area contributed by atoms with Gasteiger partial charge in [-0.05, 0) is 19.1 Å². The van der Waals surface area contributed by atoms with E-state index in [1.165, 1.54) is 7.11 Å². The van der Waals surface area contributed by atoms with Crippen LogP contribution in [-0.2, 0) is 0 Å². The van der Waals surface area contributed by atoms with Crippen molar-refractivity contribution in [3.8, 4) is 6.01 Å². The number of anilines is 2. The average molecular weight is 260 g/mol. The molecular formula is C12H16N6O. The molecule has 1 atom stereocenters. The van der Waals surface area contributed by atoms with Crippen molar-refractivity contribution in [3.05, 3.63) is 30.1 Å². The Morgan fingerprint density at radius 2 is 1.95 bits per heavy atom. The Hall–Kier alpha value is -2.44. The molecule has 2 N–H and O–H groups in total. The number of hydrogen-bond donors (Lipinski definition) is 2. The maximum Gasteiger partial charge on any atom is 0.322 e. The third-order valence-electron chi connectivity index (χ3n) is 2.50. The molecule has 0 aliphatic rings. The number of methoxy groups -OCH3 is 1. The van der Waals surface area contributed by atoms with E-state index >= 15 is 0 Å². The lowest BCUT2D eigenvalue weighted by atomic mass is 10.2. The minimum atomic E-state index is -0.0157. The Kier molecular flexibility index (Phi) is 4.07. The van der Waals surface area contributed by atoms with Gasteiger partial charge in [-0.15, -0.1) is 0 Å². The molecule has 1 unspecified atom stereocenters. The highest BCUT2D eigenvalue weighted by atomic mass is 16.5. The first kappa shape index (κ1) is 13.0. The zero-order valence-electron chi connectivity index (χ0n) is 11.1. The van der Waals surface area contributed by atoms with Crippen molar-refractivity contribution < 1.29 is 4.74 Å². The van der Waals surface area contributed by atoms with E-state index in [9.17, 15) is 0 Å². The maximum atomic E-state index is 5.03. The van der Waals surface area contributed by atoms with Crippen molar-refractivity contribution in [1.29, 1.82) is 0 Å². The summed E-state index contributed by atoms with van der Waals surface area (Å²) in [7, 11) is 3.25. The van der Waals surface area contributed by atoms with Gasteiger partial charge in [0.2, 0.25) is 11.9 Å². The van der Waals surface area contributed by atoms with E-state index in [-0.39, 0.29) is 12.1 Å². The SMILES string of the molecule is CNc1nc(NC(C)c2ccccn2)nc(OC)n1. The summed E-state index contributed by atoms with van der Waals surface area (Å²) in [6.07, 6.45) is 1.75. The van der Waals surface area contributed by atoms with Crippen LogP contribution in [0.2, 0.25) is 0 Å². The van der Waals surface area contributed by atoms with E-state index < -0.39 is 0 Å². The largest absolute Gasteiger partial charge is 0.467 e. The fourth-order valence-corrected chi connectivity index (χ4v) is 1.52. The summed E-state index contributed by atoms with van der Waals surface area (Å²) in [6.45, 7) is 1.98. The first-order chi connectivity index (χ1) is 9.22. The molecule has 7 heteroatoms. The van der Waals surface area contributed by atoms with Crippen LogP contribution >= 0.6 is 0 Å². The molecule has 0 saturated carbocycles. The van der Waals surface area contributed by atoms with Gasteiger partial charge in [0.25, 0.3) is 0 Å². The summed E-state index contributed by atoms with van der Waals surface area (Å²) in [5.41, 5.74) is 0.910. The molecule has 0 spiro atoms. The van der Waals surface area contributed by atoms with Crippen LogP contribution in [-0.4, -0.2) is 34.1 Å². The Morgan fingerprint density at radius 3 is 2.58 bits per heavy atom. The van der Waals surface area contributed by atoms with Gasteiger partial charge in [0, 0.05) is 13.2 Å². The molecule has 0 aliphatic carbocycles. The van der Waals surface area contributed by atoms with Crippen LogP contribution < -0.4 is 15.4 Å². The first-order valence-corrected chi connectivity index (χ1v) is 5.88. The van der Waals surface area contributed by atoms with Crippen LogP contribution in [0.1, 0.15) is 18.7 Å². The molecule has 2 rings (SSSR count). The molecule has 100 valence electrons. The Bertz CT molecular complexity index is 511. The van der Waals surface area contributed by atoms with E-state index in [4.69, 9.17) is 4.74 Å². The Balaban J connectivity index is 2.18. The third kappa shape index (κ3) is 3.27. The number of nitrogens with one attached hydrogen (secondary N) is 2. The number of ether oxygens (including phenoxy) is 1. The second-order valence-electron chi connectivity index (χ2n) is 3.84. The van der Waals surface area contributed by atoms with Crippen molar-refractivity contribution >= 4 is 11.9 Å². The summed E-state index contributed by atoms with van der Waals surface area (Å²) in [5.74, 6) is 0.886. The van der Waals surface area contributed by atoms with Crippen molar-refractivity contribution in [2.75, 3.05) is 24.8 Å². The molecule has 0 saturated heterocycles. The zero-order chi connectivity index (χ0) is 13.7. The summed E-state index contributed by atoms with van der Waals surface area (Å²) in [4.78, 5) is 16.7. The fraction of sp³-hybridized carbons (Fsp3) is 0.333. The van der Waals surface area contributed by atoms with Crippen LogP contribution in [0.3, 0.4) is 0 Å². The van der Waals surface area contributed by atoms with Crippen LogP contribution in [0.5, 0.6) is 6.01 Å². The van der Waals surface area contributed by atoms with Gasteiger partial charge in [-0.2, -0.15) is 15.0 Å². The van der Waals surface area contributed by atoms with Gasteiger partial charge < -0.3 is 15.4 Å². The number of aromatic nitrogens is 4. The summed E-state index contributed by atoms with van der Waals surface area (Å²) in [5, 5.41) is 6.02. The van der Waals surface area contributed by atoms with Crippen molar-refractivity contribution in [2.45, 2.75) is 13.0 Å². The van der Waals surface area contributed by atoms with Gasteiger partial charge in [-0.3, -0.25) is 4.98 Å². The summed E-state index contributed by atoms with van der Waals surface area (Å²) < 4.78 is 5.03. The number of pyridine rings is 1. The molecule has 2 aromatic heterocycles. The standard InChI is InChI=1S/C12H16N6O/c1-8(9-6-4-5-7-14-9)15-11-16-10(13-2)17-12(18-11)19-3/h4-8H,1-3H3,(H2,13,15,16,17,18). The molecule has 0 bridgehead atoms. The average Bonchev–Trinajstić information content (AvgIpc) is 2.47. The maximum absolute atomic E-state index is 5.03. The number of hydrogen-bond acceptors (Lipinski definition) is 7. The second-order valence-corrected chi connectivity index (χ2v) is 3.84. The van der Waals surface area contributed by atoms with Crippen LogP contribution in [0.25, 0.3) is 0 Å². The van der Waals surface area contributed by atoms with Gasteiger partial charge >= 0.3 is 6.01 Å². The highest BCUT2D eigenvalue weighted by Crippen LogP contribution is 2.16. The van der Waals surface area contributed by atoms with Crippen molar-refractivity contribution in [1.82, 2.24) is 19.9 Å². The van der Waals surface area contributed by atoms with E-state index in [2.05, 4.69) is 30.6 Å². The fourth-order valence-electron chi connectivity index (χ4n) is 1.52. The topological polar surface area (TPSA) is 84.9 Å². The molecule has 0 aromatic carbocycles. The van der Waals surface area contributed by atoms with Gasteiger partial charge in [0.1, 0.15) is 0 Å². The van der Waals surface area contributed by atoms with Crippen LogP contribution in [0.15, 0.2) is 24.4 Å². The molecule has 2 aromatic rings. The van der Waals surface area contributed by atoms with Gasteiger partial charge in [0.15, 0.2) is 0 Å². The van der Waals surface area contributed by atoms with Crippen molar-refractivity contribution in [2.24, 2.45) is 0 Å². The predicted octanol–water partition coefficient (Wildman–Crippen LogP) is 1.49. The minimum Gasteiger partial charge on any atom is -0.467 e. The molecule has 0 aliphatic heterocycles. The highest BCUT2D eigenvalue weighted by molar-refractivity contribution is 5.37. The molecular weight excluding hydrogens is 244 g/mol. The van der Waals surface area contributed by atoms with Gasteiger partial charge in [-0.25, -0.2) is 0 Å². The van der Waals surface area contributed by atoms with Crippen LogP contribution in [0, 0.1) is 0 Å². The molecule has 0 radical (unpaired) electrons. The van der Waals surface area contributed by atoms with E-state index in [0.29, 0.717) is 11.9 Å². The smallest absolute Gasteiger partial charge is 0.322 e. The third-order valence-corrected chi connectivity index (χ3v) is 2.50. The molecule has 0 fully saturated rings. The first-order valence-electron chi connectivity index (χ1n) is 5.88. The lowest BCUT2D eigenvalue weighted by molar-refractivity contribution is 0.379. The Morgan fingerprint density at radius 1 is 1.16 bits per heavy atom. The minimum absolute atomic E-state index is 0.0157. The quantitative estimate of drug-likeness (QED) is 0.842. The van der Waals surface area contributed by atoms with Crippen LogP contribution in [0.4, 0.5) is 11.9 Å². The summed E-state index contributed by atoms with van der Waals surface area (Å²) >= 11 is 0. The van der Waals surface area contributed by atoms with Crippen molar-refractivity contribution in [3.63, 3.8) is 0 Å². The van der Waals surface area contributed by atoms with E-state index in [0.717, 1.165) is 5.69 Å². The zero-order valence-corrected chi connectivity index (χ0v) is 11.1. The molecule has 19 heavy (non-hydrogen) atoms. The second kappa shape index (κ2) is 5.94. The van der Waals surface area contributed by atoms with E-state index in [1.807, 2.05) is 25.1 Å². The lowest BCUT2D eigenvalue weighted by Gasteiger charge is -2.13. The molecule has 7 nitrogen and oxygen atoms in total. The number of nitrogens with zero attached hydrogens (tertiary/aromatic N) is 4. The normalized spacial score (nSPS) is 11.7. The Labute approximate surface area is 111 Å². The molecule has 0 amide bonds. The summed E-state index contributed by atoms with van der Waals surface area (Å²) in [6, 6.07) is 6.00. The van der Waals surface area contributed by atoms with Gasteiger partial charge in [-0.1, -0.05) is 6.07 Å². The lowest BCUT2D eigenvalue weighted by Crippen LogP contribution is -2.12. The van der Waals surface area contributed by atoms with Gasteiger partial charge in [0.05, 0.1) is 18.8 Å². The molecule has 2 heterocycles. The van der Waals surface area contributed by atoms with E-state index in [1.54, 1.807) is 13.2 Å². The highest BCUT2D eigenvalue weighted by Gasteiger charge is 2.10. The number of rotatable bonds is 5. The monoisotopic (exact) mass is 260 g/mol. The predicted molar refractivity (Wildman–Crippen MR) is 72.2 cm³/mol.